The van der Waals surface area contributed by atoms with Gasteiger partial charge in [-0.15, -0.1) is 0 Å². The molecule has 0 bridgehead atoms. The molecule has 1 saturated carbocycles. The molecule has 0 radical (unpaired) electrons. The zero-order chi connectivity index (χ0) is 9.80. The molecule has 82 valence electrons. The second kappa shape index (κ2) is 5.13. The van der Waals surface area contributed by atoms with Gasteiger partial charge in [0.2, 0.25) is 0 Å². The van der Waals surface area contributed by atoms with Gasteiger partial charge in [0, 0.05) is 12.0 Å². The summed E-state index contributed by atoms with van der Waals surface area (Å²) in [7, 11) is 0. The lowest BCUT2D eigenvalue weighted by Crippen LogP contribution is -2.44. The molecule has 0 aromatic rings. The van der Waals surface area contributed by atoms with Crippen molar-refractivity contribution in [2.24, 2.45) is 5.92 Å². The van der Waals surface area contributed by atoms with E-state index in [1.165, 1.54) is 44.9 Å². The SMILES string of the molecule is OC1CCCCCC1C1CCCCN1. The molecule has 0 spiro atoms. The quantitative estimate of drug-likeness (QED) is 0.631. The largest absolute Gasteiger partial charge is 0.393 e. The van der Waals surface area contributed by atoms with E-state index >= 15 is 0 Å². The zero-order valence-corrected chi connectivity index (χ0v) is 9.04. The molecule has 3 unspecified atom stereocenters. The van der Waals surface area contributed by atoms with Crippen LogP contribution in [0.1, 0.15) is 51.4 Å². The van der Waals surface area contributed by atoms with Gasteiger partial charge in [0.05, 0.1) is 6.10 Å². The van der Waals surface area contributed by atoms with Crippen LogP contribution in [0.2, 0.25) is 0 Å². The molecule has 2 rings (SSSR count). The lowest BCUT2D eigenvalue weighted by molar-refractivity contribution is 0.0706. The van der Waals surface area contributed by atoms with E-state index in [0.29, 0.717) is 12.0 Å². The third kappa shape index (κ3) is 2.48. The first-order valence-corrected chi connectivity index (χ1v) is 6.29. The van der Waals surface area contributed by atoms with E-state index in [2.05, 4.69) is 5.32 Å². The fourth-order valence-electron chi connectivity index (χ4n) is 3.03. The van der Waals surface area contributed by atoms with Crippen molar-refractivity contribution in [1.82, 2.24) is 5.32 Å². The van der Waals surface area contributed by atoms with Crippen molar-refractivity contribution in [2.75, 3.05) is 6.54 Å². The highest BCUT2D eigenvalue weighted by Crippen LogP contribution is 2.29. The van der Waals surface area contributed by atoms with Gasteiger partial charge in [-0.3, -0.25) is 0 Å². The standard InChI is InChI=1S/C12H23NO/c14-12-8-3-1-2-6-10(12)11-7-4-5-9-13-11/h10-14H,1-9H2. The van der Waals surface area contributed by atoms with E-state index < -0.39 is 0 Å². The fraction of sp³-hybridized carbons (Fsp3) is 1.00. The number of aliphatic hydroxyl groups is 1. The maximum atomic E-state index is 10.1. The van der Waals surface area contributed by atoms with Gasteiger partial charge in [-0.05, 0) is 32.2 Å². The van der Waals surface area contributed by atoms with Crippen LogP contribution in [0.15, 0.2) is 0 Å². The van der Waals surface area contributed by atoms with Gasteiger partial charge in [-0.2, -0.15) is 0 Å². The van der Waals surface area contributed by atoms with Crippen LogP contribution in [0.4, 0.5) is 0 Å². The summed E-state index contributed by atoms with van der Waals surface area (Å²) in [4.78, 5) is 0. The molecule has 1 aliphatic carbocycles. The minimum Gasteiger partial charge on any atom is -0.393 e. The predicted octanol–water partition coefficient (Wildman–Crippen LogP) is 2.07. The second-order valence-electron chi connectivity index (χ2n) is 4.93. The molecule has 2 heteroatoms. The number of piperidine rings is 1. The average molecular weight is 197 g/mol. The van der Waals surface area contributed by atoms with E-state index in [9.17, 15) is 5.11 Å². The lowest BCUT2D eigenvalue weighted by Gasteiger charge is -2.33. The highest BCUT2D eigenvalue weighted by atomic mass is 16.3. The molecule has 2 aliphatic rings. The molecule has 2 fully saturated rings. The maximum absolute atomic E-state index is 10.1. The van der Waals surface area contributed by atoms with Crippen LogP contribution in [0.25, 0.3) is 0 Å². The van der Waals surface area contributed by atoms with Crippen LogP contribution in [0, 0.1) is 5.92 Å². The smallest absolute Gasteiger partial charge is 0.0583 e. The Labute approximate surface area is 87.1 Å². The third-order valence-electron chi connectivity index (χ3n) is 3.90. The van der Waals surface area contributed by atoms with Crippen molar-refractivity contribution < 1.29 is 5.11 Å². The van der Waals surface area contributed by atoms with E-state index in [4.69, 9.17) is 0 Å². The van der Waals surface area contributed by atoms with Crippen LogP contribution in [0.5, 0.6) is 0 Å². The van der Waals surface area contributed by atoms with Crippen molar-refractivity contribution >= 4 is 0 Å². The Morgan fingerprint density at radius 1 is 0.857 bits per heavy atom. The monoisotopic (exact) mass is 197 g/mol. The topological polar surface area (TPSA) is 32.3 Å². The molecule has 3 atom stereocenters. The summed E-state index contributed by atoms with van der Waals surface area (Å²) in [5.74, 6) is 0.540. The highest BCUT2D eigenvalue weighted by Gasteiger charge is 2.29. The fourth-order valence-corrected chi connectivity index (χ4v) is 3.03. The summed E-state index contributed by atoms with van der Waals surface area (Å²) >= 11 is 0. The van der Waals surface area contributed by atoms with Gasteiger partial charge >= 0.3 is 0 Å². The van der Waals surface area contributed by atoms with Crippen LogP contribution < -0.4 is 5.32 Å². The van der Waals surface area contributed by atoms with Crippen molar-refractivity contribution in [1.29, 1.82) is 0 Å². The molecule has 2 nitrogen and oxygen atoms in total. The Balaban J connectivity index is 1.91. The van der Waals surface area contributed by atoms with Crippen molar-refractivity contribution in [2.45, 2.75) is 63.5 Å². The summed E-state index contributed by atoms with van der Waals surface area (Å²) in [5.41, 5.74) is 0. The molecule has 1 saturated heterocycles. The van der Waals surface area contributed by atoms with E-state index in [1.807, 2.05) is 0 Å². The molecule has 2 N–H and O–H groups in total. The van der Waals surface area contributed by atoms with Gasteiger partial charge in [0.1, 0.15) is 0 Å². The molecule has 1 aliphatic heterocycles. The normalized spacial score (nSPS) is 40.5. The lowest BCUT2D eigenvalue weighted by atomic mass is 9.85. The Morgan fingerprint density at radius 3 is 2.43 bits per heavy atom. The Hall–Kier alpha value is -0.0800. The Kier molecular flexibility index (Phi) is 3.82. The van der Waals surface area contributed by atoms with Gasteiger partial charge < -0.3 is 10.4 Å². The second-order valence-corrected chi connectivity index (χ2v) is 4.93. The van der Waals surface area contributed by atoms with Gasteiger partial charge in [-0.1, -0.05) is 25.7 Å². The summed E-state index contributed by atoms with van der Waals surface area (Å²) in [5, 5.41) is 13.6. The average Bonchev–Trinajstić information content (AvgIpc) is 2.44. The van der Waals surface area contributed by atoms with E-state index in [1.54, 1.807) is 0 Å². The van der Waals surface area contributed by atoms with Crippen molar-refractivity contribution in [3.8, 4) is 0 Å². The minimum absolute atomic E-state index is 0.0342. The summed E-state index contributed by atoms with van der Waals surface area (Å²) < 4.78 is 0. The molecule has 0 amide bonds. The molecular weight excluding hydrogens is 174 g/mol. The third-order valence-corrected chi connectivity index (χ3v) is 3.90. The Bertz CT molecular complexity index is 166. The molecule has 0 aromatic heterocycles. The van der Waals surface area contributed by atoms with Crippen LogP contribution in [0.3, 0.4) is 0 Å². The predicted molar refractivity (Wildman–Crippen MR) is 58.2 cm³/mol. The van der Waals surface area contributed by atoms with E-state index in [-0.39, 0.29) is 6.10 Å². The Morgan fingerprint density at radius 2 is 1.64 bits per heavy atom. The van der Waals surface area contributed by atoms with Crippen LogP contribution in [-0.4, -0.2) is 23.8 Å². The first-order chi connectivity index (χ1) is 6.88. The van der Waals surface area contributed by atoms with Gasteiger partial charge in [0.15, 0.2) is 0 Å². The zero-order valence-electron chi connectivity index (χ0n) is 9.04. The highest BCUT2D eigenvalue weighted by molar-refractivity contribution is 4.85. The molecular formula is C12H23NO. The van der Waals surface area contributed by atoms with Crippen molar-refractivity contribution in [3.63, 3.8) is 0 Å². The van der Waals surface area contributed by atoms with Gasteiger partial charge in [0.25, 0.3) is 0 Å². The molecule has 0 aromatic carbocycles. The van der Waals surface area contributed by atoms with Crippen LogP contribution >= 0.6 is 0 Å². The molecule has 1 heterocycles. The van der Waals surface area contributed by atoms with Crippen LogP contribution in [-0.2, 0) is 0 Å². The number of aliphatic hydroxyl groups excluding tert-OH is 1. The first kappa shape index (κ1) is 10.4. The number of nitrogens with one attached hydrogen (secondary N) is 1. The summed E-state index contributed by atoms with van der Waals surface area (Å²) in [6.45, 7) is 1.16. The summed E-state index contributed by atoms with van der Waals surface area (Å²) in [6.07, 6.45) is 10.0. The summed E-state index contributed by atoms with van der Waals surface area (Å²) in [6, 6.07) is 0.608. The number of rotatable bonds is 1. The number of hydrogen-bond acceptors (Lipinski definition) is 2. The minimum atomic E-state index is -0.0342. The van der Waals surface area contributed by atoms with Crippen molar-refractivity contribution in [3.05, 3.63) is 0 Å². The first-order valence-electron chi connectivity index (χ1n) is 6.29. The number of hydrogen-bond donors (Lipinski definition) is 2. The molecule has 14 heavy (non-hydrogen) atoms. The van der Waals surface area contributed by atoms with E-state index in [0.717, 1.165) is 13.0 Å². The van der Waals surface area contributed by atoms with Gasteiger partial charge in [-0.25, -0.2) is 0 Å². The maximum Gasteiger partial charge on any atom is 0.0583 e.